The van der Waals surface area contributed by atoms with Crippen LogP contribution in [0.5, 0.6) is 0 Å². The summed E-state index contributed by atoms with van der Waals surface area (Å²) in [5.41, 5.74) is 1.13. The lowest BCUT2D eigenvalue weighted by Gasteiger charge is -2.28. The molecule has 1 rings (SSSR count). The van der Waals surface area contributed by atoms with E-state index in [1.165, 1.54) is 11.8 Å². The molecule has 0 aliphatic carbocycles. The quantitative estimate of drug-likeness (QED) is 0.657. The van der Waals surface area contributed by atoms with Gasteiger partial charge in [-0.1, -0.05) is 12.1 Å². The van der Waals surface area contributed by atoms with Crippen LogP contribution >= 0.6 is 0 Å². The largest absolute Gasteiger partial charge is 0.481 e. The molecular weight excluding hydrogens is 278 g/mol. The topological polar surface area (TPSA) is 115 Å². The SMILES string of the molecule is CC(C(=O)O)N(CCC(=O)O)c1ccc(CC(=O)O)cc1. The van der Waals surface area contributed by atoms with Crippen LogP contribution in [-0.2, 0) is 20.8 Å². The molecular formula is C14H17NO6. The van der Waals surface area contributed by atoms with Crippen molar-refractivity contribution in [1.29, 1.82) is 0 Å². The van der Waals surface area contributed by atoms with Gasteiger partial charge in [0, 0.05) is 12.2 Å². The maximum atomic E-state index is 11.1. The fourth-order valence-corrected chi connectivity index (χ4v) is 1.88. The van der Waals surface area contributed by atoms with Crippen molar-refractivity contribution in [2.45, 2.75) is 25.8 Å². The summed E-state index contributed by atoms with van der Waals surface area (Å²) < 4.78 is 0. The molecule has 21 heavy (non-hydrogen) atoms. The van der Waals surface area contributed by atoms with E-state index in [0.29, 0.717) is 11.3 Å². The van der Waals surface area contributed by atoms with Crippen molar-refractivity contribution in [3.8, 4) is 0 Å². The molecule has 0 aromatic heterocycles. The van der Waals surface area contributed by atoms with E-state index in [2.05, 4.69) is 0 Å². The minimum Gasteiger partial charge on any atom is -0.481 e. The lowest BCUT2D eigenvalue weighted by atomic mass is 10.1. The number of nitrogens with zero attached hydrogens (tertiary/aromatic N) is 1. The zero-order chi connectivity index (χ0) is 16.0. The third-order valence-electron chi connectivity index (χ3n) is 3.01. The predicted molar refractivity (Wildman–Crippen MR) is 74.5 cm³/mol. The van der Waals surface area contributed by atoms with Gasteiger partial charge in [-0.3, -0.25) is 9.59 Å². The Morgan fingerprint density at radius 1 is 1.05 bits per heavy atom. The minimum absolute atomic E-state index is 0.0566. The average molecular weight is 295 g/mol. The van der Waals surface area contributed by atoms with Crippen LogP contribution in [-0.4, -0.2) is 45.8 Å². The lowest BCUT2D eigenvalue weighted by molar-refractivity contribution is -0.139. The van der Waals surface area contributed by atoms with Gasteiger partial charge in [-0.05, 0) is 24.6 Å². The van der Waals surface area contributed by atoms with E-state index in [4.69, 9.17) is 15.3 Å². The van der Waals surface area contributed by atoms with Crippen molar-refractivity contribution in [3.05, 3.63) is 29.8 Å². The molecule has 114 valence electrons. The Hall–Kier alpha value is -2.57. The van der Waals surface area contributed by atoms with Gasteiger partial charge in [0.2, 0.25) is 0 Å². The van der Waals surface area contributed by atoms with Gasteiger partial charge in [-0.15, -0.1) is 0 Å². The van der Waals surface area contributed by atoms with E-state index in [0.717, 1.165) is 0 Å². The van der Waals surface area contributed by atoms with E-state index in [-0.39, 0.29) is 19.4 Å². The van der Waals surface area contributed by atoms with Gasteiger partial charge in [0.05, 0.1) is 12.8 Å². The van der Waals surface area contributed by atoms with Crippen molar-refractivity contribution >= 4 is 23.6 Å². The standard InChI is InChI=1S/C14H17NO6/c1-9(14(20)21)15(7-6-12(16)17)11-4-2-10(3-5-11)8-13(18)19/h2-5,9H,6-8H2,1H3,(H,16,17)(H,18,19)(H,20,21). The normalized spacial score (nSPS) is 11.7. The maximum absolute atomic E-state index is 11.1. The zero-order valence-corrected chi connectivity index (χ0v) is 11.5. The van der Waals surface area contributed by atoms with Crippen LogP contribution in [0.4, 0.5) is 5.69 Å². The molecule has 0 saturated carbocycles. The average Bonchev–Trinajstić information content (AvgIpc) is 2.39. The van der Waals surface area contributed by atoms with Crippen LogP contribution in [0.15, 0.2) is 24.3 Å². The molecule has 0 spiro atoms. The van der Waals surface area contributed by atoms with Gasteiger partial charge in [-0.2, -0.15) is 0 Å². The first-order valence-corrected chi connectivity index (χ1v) is 6.33. The summed E-state index contributed by atoms with van der Waals surface area (Å²) in [5.74, 6) is -3.03. The third-order valence-corrected chi connectivity index (χ3v) is 3.01. The van der Waals surface area contributed by atoms with Crippen molar-refractivity contribution in [3.63, 3.8) is 0 Å². The first kappa shape index (κ1) is 16.5. The van der Waals surface area contributed by atoms with Crippen LogP contribution in [0.1, 0.15) is 18.9 Å². The summed E-state index contributed by atoms with van der Waals surface area (Å²) in [6, 6.07) is 5.49. The van der Waals surface area contributed by atoms with Crippen LogP contribution in [0, 0.1) is 0 Å². The number of carbonyl (C=O) groups is 3. The molecule has 1 unspecified atom stereocenters. The monoisotopic (exact) mass is 295 g/mol. The molecule has 7 nitrogen and oxygen atoms in total. The van der Waals surface area contributed by atoms with Crippen molar-refractivity contribution < 1.29 is 29.7 Å². The highest BCUT2D eigenvalue weighted by molar-refractivity contribution is 5.78. The lowest BCUT2D eigenvalue weighted by Crippen LogP contribution is -2.40. The first-order chi connectivity index (χ1) is 9.81. The van der Waals surface area contributed by atoms with Crippen LogP contribution in [0.3, 0.4) is 0 Å². The maximum Gasteiger partial charge on any atom is 0.326 e. The van der Waals surface area contributed by atoms with E-state index < -0.39 is 23.9 Å². The summed E-state index contributed by atoms with van der Waals surface area (Å²) in [6.07, 6.45) is -0.307. The Morgan fingerprint density at radius 3 is 2.05 bits per heavy atom. The Labute approximate surface area is 121 Å². The Bertz CT molecular complexity index is 525. The number of carboxylic acids is 3. The van der Waals surface area contributed by atoms with E-state index >= 15 is 0 Å². The number of benzene rings is 1. The van der Waals surface area contributed by atoms with Crippen molar-refractivity contribution in [2.75, 3.05) is 11.4 Å². The molecule has 3 N–H and O–H groups in total. The number of hydrogen-bond acceptors (Lipinski definition) is 4. The molecule has 0 bridgehead atoms. The van der Waals surface area contributed by atoms with Gasteiger partial charge in [0.1, 0.15) is 6.04 Å². The van der Waals surface area contributed by atoms with Gasteiger partial charge in [0.25, 0.3) is 0 Å². The minimum atomic E-state index is -1.06. The van der Waals surface area contributed by atoms with Gasteiger partial charge in [-0.25, -0.2) is 4.79 Å². The molecule has 1 aromatic carbocycles. The second-order valence-electron chi connectivity index (χ2n) is 4.59. The Kier molecular flexibility index (Phi) is 5.71. The van der Waals surface area contributed by atoms with Crippen LogP contribution < -0.4 is 4.90 Å². The number of rotatable bonds is 8. The Balaban J connectivity index is 2.93. The number of carboxylic acid groups (broad SMARTS) is 3. The second kappa shape index (κ2) is 7.28. The number of anilines is 1. The molecule has 0 heterocycles. The molecule has 1 aromatic rings. The zero-order valence-electron chi connectivity index (χ0n) is 11.5. The molecule has 0 amide bonds. The van der Waals surface area contributed by atoms with Crippen LogP contribution in [0.25, 0.3) is 0 Å². The van der Waals surface area contributed by atoms with E-state index in [9.17, 15) is 14.4 Å². The highest BCUT2D eigenvalue weighted by atomic mass is 16.4. The number of aliphatic carboxylic acids is 3. The van der Waals surface area contributed by atoms with Crippen LogP contribution in [0.2, 0.25) is 0 Å². The van der Waals surface area contributed by atoms with Crippen molar-refractivity contribution in [1.82, 2.24) is 0 Å². The van der Waals surface area contributed by atoms with E-state index in [1.54, 1.807) is 24.3 Å². The summed E-state index contributed by atoms with van der Waals surface area (Å²) in [5, 5.41) is 26.5. The van der Waals surface area contributed by atoms with Gasteiger partial charge < -0.3 is 20.2 Å². The molecule has 0 aliphatic heterocycles. The number of hydrogen-bond donors (Lipinski definition) is 3. The highest BCUT2D eigenvalue weighted by Crippen LogP contribution is 2.19. The molecule has 0 saturated heterocycles. The summed E-state index contributed by atoms with van der Waals surface area (Å²) in [7, 11) is 0. The van der Waals surface area contributed by atoms with Gasteiger partial charge >= 0.3 is 17.9 Å². The molecule has 0 fully saturated rings. The third kappa shape index (κ3) is 5.13. The Morgan fingerprint density at radius 2 is 1.62 bits per heavy atom. The smallest absolute Gasteiger partial charge is 0.326 e. The fourth-order valence-electron chi connectivity index (χ4n) is 1.88. The van der Waals surface area contributed by atoms with Crippen molar-refractivity contribution in [2.24, 2.45) is 0 Å². The highest BCUT2D eigenvalue weighted by Gasteiger charge is 2.21. The van der Waals surface area contributed by atoms with Gasteiger partial charge in [0.15, 0.2) is 0 Å². The molecule has 7 heteroatoms. The molecule has 1 atom stereocenters. The molecule has 0 aliphatic rings. The summed E-state index contributed by atoms with van der Waals surface area (Å²) in [4.78, 5) is 33.8. The first-order valence-electron chi connectivity index (χ1n) is 6.33. The molecule has 0 radical (unpaired) electrons. The fraction of sp³-hybridized carbons (Fsp3) is 0.357. The summed E-state index contributed by atoms with van der Waals surface area (Å²) >= 11 is 0. The predicted octanol–water partition coefficient (Wildman–Crippen LogP) is 1.07. The summed E-state index contributed by atoms with van der Waals surface area (Å²) in [6.45, 7) is 1.52. The second-order valence-corrected chi connectivity index (χ2v) is 4.59. The van der Waals surface area contributed by atoms with E-state index in [1.807, 2.05) is 0 Å².